The van der Waals surface area contributed by atoms with Gasteiger partial charge in [-0.2, -0.15) is 13.2 Å². The number of hydrogen-bond donors (Lipinski definition) is 1. The molecule has 0 radical (unpaired) electrons. The van der Waals surface area contributed by atoms with Crippen LogP contribution in [0.5, 0.6) is 0 Å². The van der Waals surface area contributed by atoms with Gasteiger partial charge in [-0.05, 0) is 17.7 Å². The van der Waals surface area contributed by atoms with Gasteiger partial charge >= 0.3 is 6.18 Å². The number of alkyl halides is 3. The van der Waals surface area contributed by atoms with E-state index < -0.39 is 23.8 Å². The zero-order valence-electron chi connectivity index (χ0n) is 11.9. The van der Waals surface area contributed by atoms with Crippen molar-refractivity contribution in [1.82, 2.24) is 19.7 Å². The third kappa shape index (κ3) is 3.04. The van der Waals surface area contributed by atoms with Crippen LogP contribution >= 0.6 is 0 Å². The van der Waals surface area contributed by atoms with Crippen LogP contribution in [-0.4, -0.2) is 37.2 Å². The van der Waals surface area contributed by atoms with Crippen molar-refractivity contribution in [2.75, 3.05) is 6.54 Å². The maximum absolute atomic E-state index is 12.7. The first kappa shape index (κ1) is 15.5. The largest absolute Gasteiger partial charge is 0.416 e. The van der Waals surface area contributed by atoms with Gasteiger partial charge < -0.3 is 14.6 Å². The normalized spacial score (nSPS) is 16.1. The van der Waals surface area contributed by atoms with Crippen LogP contribution in [0.1, 0.15) is 23.1 Å². The third-order valence-electron chi connectivity index (χ3n) is 3.71. The second-order valence-corrected chi connectivity index (χ2v) is 5.23. The lowest BCUT2D eigenvalue weighted by Crippen LogP contribution is -2.40. The Labute approximate surface area is 129 Å². The van der Waals surface area contributed by atoms with E-state index in [1.807, 2.05) is 0 Å². The van der Waals surface area contributed by atoms with Gasteiger partial charge in [0, 0.05) is 13.1 Å². The number of aliphatic hydroxyl groups excluding tert-OH is 1. The highest BCUT2D eigenvalue weighted by molar-refractivity contribution is 5.82. The van der Waals surface area contributed by atoms with Gasteiger partial charge in [-0.3, -0.25) is 4.79 Å². The number of hydrogen-bond acceptors (Lipinski definition) is 4. The molecule has 0 saturated heterocycles. The summed E-state index contributed by atoms with van der Waals surface area (Å²) in [6, 6.07) is 4.14. The molecule has 0 saturated carbocycles. The summed E-state index contributed by atoms with van der Waals surface area (Å²) in [6.45, 7) is 0.970. The predicted octanol–water partition coefficient (Wildman–Crippen LogP) is 1.37. The Morgan fingerprint density at radius 2 is 2.09 bits per heavy atom. The minimum Gasteiger partial charge on any atom is -0.378 e. The molecule has 1 unspecified atom stereocenters. The summed E-state index contributed by atoms with van der Waals surface area (Å²) in [7, 11) is 0. The van der Waals surface area contributed by atoms with Crippen LogP contribution in [0.15, 0.2) is 30.6 Å². The van der Waals surface area contributed by atoms with Gasteiger partial charge in [0.1, 0.15) is 6.33 Å². The summed E-state index contributed by atoms with van der Waals surface area (Å²) >= 11 is 0. The molecule has 2 heterocycles. The van der Waals surface area contributed by atoms with E-state index in [-0.39, 0.29) is 12.1 Å². The van der Waals surface area contributed by atoms with Gasteiger partial charge in [-0.15, -0.1) is 10.2 Å². The minimum absolute atomic E-state index is 0.0862. The van der Waals surface area contributed by atoms with Crippen LogP contribution in [0.4, 0.5) is 13.2 Å². The van der Waals surface area contributed by atoms with Crippen molar-refractivity contribution in [2.45, 2.75) is 25.4 Å². The number of amides is 1. The summed E-state index contributed by atoms with van der Waals surface area (Å²) in [5.74, 6) is -0.0839. The first-order valence-electron chi connectivity index (χ1n) is 6.87. The van der Waals surface area contributed by atoms with E-state index in [0.717, 1.165) is 12.1 Å². The Morgan fingerprint density at radius 1 is 1.30 bits per heavy atom. The van der Waals surface area contributed by atoms with Crippen LogP contribution in [0.3, 0.4) is 0 Å². The van der Waals surface area contributed by atoms with E-state index in [4.69, 9.17) is 0 Å². The van der Waals surface area contributed by atoms with Crippen LogP contribution in [0.25, 0.3) is 0 Å². The van der Waals surface area contributed by atoms with Gasteiger partial charge in [0.25, 0.3) is 5.91 Å². The van der Waals surface area contributed by atoms with Crippen molar-refractivity contribution in [3.05, 3.63) is 47.5 Å². The Balaban J connectivity index is 1.78. The molecule has 1 aliphatic rings. The van der Waals surface area contributed by atoms with E-state index >= 15 is 0 Å². The van der Waals surface area contributed by atoms with Gasteiger partial charge in [0.15, 0.2) is 11.9 Å². The molecule has 0 bridgehead atoms. The molecule has 0 aliphatic carbocycles. The first-order chi connectivity index (χ1) is 10.9. The molecule has 122 valence electrons. The Hall–Kier alpha value is -2.42. The van der Waals surface area contributed by atoms with Crippen LogP contribution in [-0.2, 0) is 24.1 Å². The molecule has 6 nitrogen and oxygen atoms in total. The standard InChI is InChI=1S/C14H13F3N4O2/c15-14(16,17)10-3-1-2-9(6-10)12(22)13(23)20-4-5-21-8-18-19-11(21)7-20/h1-3,6,8,12,22H,4-5,7H2. The summed E-state index contributed by atoms with van der Waals surface area (Å²) in [4.78, 5) is 13.7. The fourth-order valence-electron chi connectivity index (χ4n) is 2.46. The third-order valence-corrected chi connectivity index (χ3v) is 3.71. The van der Waals surface area contributed by atoms with Crippen LogP contribution < -0.4 is 0 Å². The highest BCUT2D eigenvalue weighted by Crippen LogP contribution is 2.31. The Kier molecular flexibility index (Phi) is 3.80. The maximum atomic E-state index is 12.7. The minimum atomic E-state index is -4.53. The molecule has 3 rings (SSSR count). The number of carbonyl (C=O) groups excluding carboxylic acids is 1. The molecule has 2 aromatic rings. The van der Waals surface area contributed by atoms with E-state index in [2.05, 4.69) is 10.2 Å². The van der Waals surface area contributed by atoms with Gasteiger partial charge in [-0.1, -0.05) is 12.1 Å². The van der Waals surface area contributed by atoms with Crippen molar-refractivity contribution in [3.8, 4) is 0 Å². The van der Waals surface area contributed by atoms with E-state index in [1.165, 1.54) is 17.0 Å². The van der Waals surface area contributed by atoms with Crippen molar-refractivity contribution >= 4 is 5.91 Å². The zero-order valence-corrected chi connectivity index (χ0v) is 11.9. The molecule has 1 aromatic heterocycles. The van der Waals surface area contributed by atoms with Gasteiger partial charge in [-0.25, -0.2) is 0 Å². The summed E-state index contributed by atoms with van der Waals surface area (Å²) < 4.78 is 39.9. The molecular weight excluding hydrogens is 313 g/mol. The van der Waals surface area contributed by atoms with Crippen molar-refractivity contribution in [1.29, 1.82) is 0 Å². The zero-order chi connectivity index (χ0) is 16.6. The number of benzene rings is 1. The van der Waals surface area contributed by atoms with E-state index in [1.54, 1.807) is 10.9 Å². The number of aliphatic hydroxyl groups is 1. The second-order valence-electron chi connectivity index (χ2n) is 5.23. The summed E-state index contributed by atoms with van der Waals surface area (Å²) in [5, 5.41) is 17.7. The van der Waals surface area contributed by atoms with Crippen LogP contribution in [0, 0.1) is 0 Å². The lowest BCUT2D eigenvalue weighted by Gasteiger charge is -2.29. The Morgan fingerprint density at radius 3 is 2.83 bits per heavy atom. The maximum Gasteiger partial charge on any atom is 0.416 e. The number of fused-ring (bicyclic) bond motifs is 1. The van der Waals surface area contributed by atoms with E-state index in [9.17, 15) is 23.1 Å². The van der Waals surface area contributed by atoms with Gasteiger partial charge in [0.2, 0.25) is 0 Å². The fraction of sp³-hybridized carbons (Fsp3) is 0.357. The van der Waals surface area contributed by atoms with Crippen LogP contribution in [0.2, 0.25) is 0 Å². The molecule has 1 atom stereocenters. The molecule has 1 N–H and O–H groups in total. The number of rotatable bonds is 2. The molecule has 1 aromatic carbocycles. The molecule has 23 heavy (non-hydrogen) atoms. The molecule has 1 amide bonds. The highest BCUT2D eigenvalue weighted by Gasteiger charge is 2.33. The lowest BCUT2D eigenvalue weighted by atomic mass is 10.0. The highest BCUT2D eigenvalue weighted by atomic mass is 19.4. The number of aromatic nitrogens is 3. The monoisotopic (exact) mass is 326 g/mol. The summed E-state index contributed by atoms with van der Waals surface area (Å²) in [6.07, 6.45) is -4.63. The SMILES string of the molecule is O=C(C(O)c1cccc(C(F)(F)F)c1)N1CCn2cnnc2C1. The molecule has 1 aliphatic heterocycles. The summed E-state index contributed by atoms with van der Waals surface area (Å²) in [5.41, 5.74) is -0.989. The van der Waals surface area contributed by atoms with Crippen molar-refractivity contribution < 1.29 is 23.1 Å². The van der Waals surface area contributed by atoms with Crippen molar-refractivity contribution in [3.63, 3.8) is 0 Å². The molecular formula is C14H13F3N4O2. The first-order valence-corrected chi connectivity index (χ1v) is 6.87. The molecule has 9 heteroatoms. The number of carbonyl (C=O) groups is 1. The van der Waals surface area contributed by atoms with Gasteiger partial charge in [0.05, 0.1) is 12.1 Å². The number of halogens is 3. The van der Waals surface area contributed by atoms with E-state index in [0.29, 0.717) is 18.9 Å². The quantitative estimate of drug-likeness (QED) is 0.905. The topological polar surface area (TPSA) is 71.2 Å². The average Bonchev–Trinajstić information content (AvgIpc) is 3.00. The molecule has 0 spiro atoms. The Bertz CT molecular complexity index is 729. The van der Waals surface area contributed by atoms with Crippen molar-refractivity contribution in [2.24, 2.45) is 0 Å². The second kappa shape index (κ2) is 5.65. The average molecular weight is 326 g/mol. The predicted molar refractivity (Wildman–Crippen MR) is 71.8 cm³/mol. The smallest absolute Gasteiger partial charge is 0.378 e. The fourth-order valence-corrected chi connectivity index (χ4v) is 2.46. The number of nitrogens with zero attached hydrogens (tertiary/aromatic N) is 4. The molecule has 0 fully saturated rings. The lowest BCUT2D eigenvalue weighted by molar-refractivity contribution is -0.143.